The van der Waals surface area contributed by atoms with E-state index in [0.29, 0.717) is 5.56 Å². The van der Waals surface area contributed by atoms with E-state index in [4.69, 9.17) is 0 Å². The van der Waals surface area contributed by atoms with Gasteiger partial charge in [-0.05, 0) is 40.3 Å². The van der Waals surface area contributed by atoms with Crippen LogP contribution in [0.15, 0.2) is 66.4 Å². The number of aliphatic hydroxyl groups excluding tert-OH is 1. The molecule has 21 heavy (non-hydrogen) atoms. The molecule has 0 saturated heterocycles. The molecule has 0 atom stereocenters. The summed E-state index contributed by atoms with van der Waals surface area (Å²) >= 11 is 0. The first-order chi connectivity index (χ1) is 10.2. The average molecular weight is 272 g/mol. The van der Waals surface area contributed by atoms with Gasteiger partial charge in [-0.2, -0.15) is 0 Å². The van der Waals surface area contributed by atoms with Gasteiger partial charge in [-0.3, -0.25) is 4.79 Å². The van der Waals surface area contributed by atoms with E-state index in [1.165, 1.54) is 0 Å². The lowest BCUT2D eigenvalue weighted by atomic mass is 9.88. The van der Waals surface area contributed by atoms with Gasteiger partial charge in [-0.25, -0.2) is 0 Å². The first-order valence-corrected chi connectivity index (χ1v) is 6.81. The molecule has 0 unspecified atom stereocenters. The van der Waals surface area contributed by atoms with Gasteiger partial charge in [0.1, 0.15) is 0 Å². The second-order valence-electron chi connectivity index (χ2n) is 5.19. The second-order valence-corrected chi connectivity index (χ2v) is 5.19. The number of ketones is 1. The van der Waals surface area contributed by atoms with Crippen molar-refractivity contribution in [1.82, 2.24) is 0 Å². The number of aliphatic hydroxyl groups is 1. The summed E-state index contributed by atoms with van der Waals surface area (Å²) in [5.74, 6) is -0.499. The summed E-state index contributed by atoms with van der Waals surface area (Å²) in [4.78, 5) is 12.0. The van der Waals surface area contributed by atoms with Gasteiger partial charge in [0.15, 0.2) is 5.76 Å². The number of Topliss-reactive ketones (excluding diaryl/α,β-unsaturated/α-hetero) is 1. The monoisotopic (exact) mass is 272 g/mol. The quantitative estimate of drug-likeness (QED) is 0.702. The molecule has 0 heterocycles. The molecular weight excluding hydrogens is 260 g/mol. The van der Waals surface area contributed by atoms with Crippen molar-refractivity contribution in [3.05, 3.63) is 77.5 Å². The lowest BCUT2D eigenvalue weighted by Crippen LogP contribution is -2.08. The van der Waals surface area contributed by atoms with Gasteiger partial charge in [0.05, 0.1) is 0 Å². The molecule has 2 heteroatoms. The fraction of sp³-hybridized carbons (Fsp3) is 0. The van der Waals surface area contributed by atoms with Crippen LogP contribution in [0.3, 0.4) is 0 Å². The van der Waals surface area contributed by atoms with E-state index in [-0.39, 0.29) is 11.5 Å². The SMILES string of the molecule is O=C1C(O)=Cc2cc(-c3ccccc3)cc3cccc1c23. The molecule has 100 valence electrons. The minimum atomic E-state index is -0.305. The molecule has 3 aromatic carbocycles. The predicted molar refractivity (Wildman–Crippen MR) is 84.3 cm³/mol. The van der Waals surface area contributed by atoms with Crippen molar-refractivity contribution >= 4 is 22.6 Å². The molecule has 0 amide bonds. The van der Waals surface area contributed by atoms with Crippen LogP contribution in [0, 0.1) is 0 Å². The van der Waals surface area contributed by atoms with Crippen molar-refractivity contribution in [2.45, 2.75) is 0 Å². The Labute approximate surface area is 122 Å². The highest BCUT2D eigenvalue weighted by Gasteiger charge is 2.21. The van der Waals surface area contributed by atoms with E-state index in [0.717, 1.165) is 27.5 Å². The molecule has 0 fully saturated rings. The first-order valence-electron chi connectivity index (χ1n) is 6.81. The Morgan fingerprint density at radius 3 is 2.43 bits per heavy atom. The van der Waals surface area contributed by atoms with Crippen LogP contribution < -0.4 is 0 Å². The van der Waals surface area contributed by atoms with E-state index in [1.54, 1.807) is 12.1 Å². The van der Waals surface area contributed by atoms with Crippen LogP contribution in [0.4, 0.5) is 0 Å². The van der Waals surface area contributed by atoms with Crippen molar-refractivity contribution in [1.29, 1.82) is 0 Å². The second kappa shape index (κ2) is 4.32. The first kappa shape index (κ1) is 11.9. The van der Waals surface area contributed by atoms with Crippen LogP contribution in [0.1, 0.15) is 15.9 Å². The molecule has 0 aromatic heterocycles. The van der Waals surface area contributed by atoms with Crippen molar-refractivity contribution in [3.63, 3.8) is 0 Å². The Balaban J connectivity index is 2.07. The lowest BCUT2D eigenvalue weighted by Gasteiger charge is -2.15. The molecule has 0 aliphatic heterocycles. The van der Waals surface area contributed by atoms with Gasteiger partial charge in [0.25, 0.3) is 0 Å². The number of benzene rings is 3. The zero-order valence-corrected chi connectivity index (χ0v) is 11.2. The maximum atomic E-state index is 12.0. The molecule has 4 rings (SSSR count). The Morgan fingerprint density at radius 2 is 1.62 bits per heavy atom. The third-order valence-corrected chi connectivity index (χ3v) is 3.88. The number of carbonyl (C=O) groups is 1. The molecule has 0 spiro atoms. The highest BCUT2D eigenvalue weighted by Crippen LogP contribution is 2.34. The van der Waals surface area contributed by atoms with Gasteiger partial charge in [0, 0.05) is 10.9 Å². The Morgan fingerprint density at radius 1 is 0.810 bits per heavy atom. The number of hydrogen-bond donors (Lipinski definition) is 1. The van der Waals surface area contributed by atoms with Gasteiger partial charge in [-0.1, -0.05) is 48.5 Å². The van der Waals surface area contributed by atoms with E-state index >= 15 is 0 Å². The molecule has 0 saturated carbocycles. The van der Waals surface area contributed by atoms with Crippen molar-refractivity contribution in [2.24, 2.45) is 0 Å². The highest BCUT2D eigenvalue weighted by molar-refractivity contribution is 6.22. The predicted octanol–water partition coefficient (Wildman–Crippen LogP) is 4.60. The van der Waals surface area contributed by atoms with Gasteiger partial charge >= 0.3 is 0 Å². The zero-order chi connectivity index (χ0) is 14.4. The summed E-state index contributed by atoms with van der Waals surface area (Å²) in [6.07, 6.45) is 1.56. The summed E-state index contributed by atoms with van der Waals surface area (Å²) in [6.45, 7) is 0. The van der Waals surface area contributed by atoms with Gasteiger partial charge in [-0.15, -0.1) is 0 Å². The van der Waals surface area contributed by atoms with Crippen LogP contribution in [-0.2, 0) is 0 Å². The van der Waals surface area contributed by atoms with Crippen LogP contribution >= 0.6 is 0 Å². The molecule has 0 bridgehead atoms. The Bertz CT molecular complexity index is 906. The summed E-state index contributed by atoms with van der Waals surface area (Å²) < 4.78 is 0. The van der Waals surface area contributed by atoms with Crippen molar-refractivity contribution in [3.8, 4) is 11.1 Å². The largest absolute Gasteiger partial charge is 0.504 e. The zero-order valence-electron chi connectivity index (χ0n) is 11.2. The molecular formula is C19H12O2. The standard InChI is InChI=1S/C19H12O2/c20-17-11-15-10-14(12-5-2-1-3-6-12)9-13-7-4-8-16(18(13)15)19(17)21/h1-11,20H. The highest BCUT2D eigenvalue weighted by atomic mass is 16.3. The smallest absolute Gasteiger partial charge is 0.227 e. The number of rotatable bonds is 1. The van der Waals surface area contributed by atoms with Crippen LogP contribution in [0.2, 0.25) is 0 Å². The summed E-state index contributed by atoms with van der Waals surface area (Å²) in [6, 6.07) is 19.8. The van der Waals surface area contributed by atoms with Gasteiger partial charge in [0.2, 0.25) is 5.78 Å². The normalized spacial score (nSPS) is 13.3. The number of hydrogen-bond acceptors (Lipinski definition) is 2. The minimum Gasteiger partial charge on any atom is -0.504 e. The third kappa shape index (κ3) is 1.77. The van der Waals surface area contributed by atoms with E-state index in [9.17, 15) is 9.90 Å². The van der Waals surface area contributed by atoms with E-state index < -0.39 is 0 Å². The molecule has 1 aliphatic carbocycles. The van der Waals surface area contributed by atoms with E-state index in [2.05, 4.69) is 18.2 Å². The fourth-order valence-electron chi connectivity index (χ4n) is 2.91. The summed E-state index contributed by atoms with van der Waals surface area (Å²) in [5, 5.41) is 11.8. The Hall–Kier alpha value is -2.87. The molecule has 0 radical (unpaired) electrons. The molecule has 1 N–H and O–H groups in total. The maximum Gasteiger partial charge on any atom is 0.227 e. The van der Waals surface area contributed by atoms with Crippen molar-refractivity contribution < 1.29 is 9.90 Å². The lowest BCUT2D eigenvalue weighted by molar-refractivity contribution is 0.0981. The van der Waals surface area contributed by atoms with Crippen LogP contribution in [0.5, 0.6) is 0 Å². The van der Waals surface area contributed by atoms with E-state index in [1.807, 2.05) is 36.4 Å². The number of allylic oxidation sites excluding steroid dienone is 1. The Kier molecular flexibility index (Phi) is 2.45. The molecule has 1 aliphatic rings. The van der Waals surface area contributed by atoms with Crippen molar-refractivity contribution in [2.75, 3.05) is 0 Å². The summed E-state index contributed by atoms with van der Waals surface area (Å²) in [5.41, 5.74) is 3.65. The van der Waals surface area contributed by atoms with Gasteiger partial charge < -0.3 is 5.11 Å². The fourth-order valence-corrected chi connectivity index (χ4v) is 2.91. The minimum absolute atomic E-state index is 0.194. The molecule has 2 nitrogen and oxygen atoms in total. The molecule has 3 aromatic rings. The van der Waals surface area contributed by atoms with Crippen LogP contribution in [-0.4, -0.2) is 10.9 Å². The average Bonchev–Trinajstić information content (AvgIpc) is 2.53. The number of carbonyl (C=O) groups excluding carboxylic acids is 1. The topological polar surface area (TPSA) is 37.3 Å². The maximum absolute atomic E-state index is 12.0. The summed E-state index contributed by atoms with van der Waals surface area (Å²) in [7, 11) is 0. The third-order valence-electron chi connectivity index (χ3n) is 3.88. The van der Waals surface area contributed by atoms with Crippen LogP contribution in [0.25, 0.3) is 28.0 Å².